The van der Waals surface area contributed by atoms with Gasteiger partial charge in [-0.05, 0) is 38.3 Å². The van der Waals surface area contributed by atoms with Crippen molar-refractivity contribution in [2.75, 3.05) is 13.7 Å². The molecule has 7 nitrogen and oxygen atoms in total. The molecule has 0 amide bonds. The second kappa shape index (κ2) is 8.08. The number of nitrogens with one attached hydrogen (secondary N) is 2. The highest BCUT2D eigenvalue weighted by molar-refractivity contribution is 14.0. The first kappa shape index (κ1) is 19.3. The van der Waals surface area contributed by atoms with Crippen LogP contribution >= 0.6 is 24.0 Å². The summed E-state index contributed by atoms with van der Waals surface area (Å²) >= 11 is 0. The van der Waals surface area contributed by atoms with Gasteiger partial charge in [-0.2, -0.15) is 0 Å². The maximum absolute atomic E-state index is 5.93. The van der Waals surface area contributed by atoms with E-state index in [-0.39, 0.29) is 24.0 Å². The van der Waals surface area contributed by atoms with Gasteiger partial charge in [0.05, 0.1) is 12.6 Å². The van der Waals surface area contributed by atoms with Crippen LogP contribution in [0.3, 0.4) is 0 Å². The van der Waals surface area contributed by atoms with E-state index in [2.05, 4.69) is 32.7 Å². The molecule has 2 unspecified atom stereocenters. The van der Waals surface area contributed by atoms with Crippen molar-refractivity contribution in [3.8, 4) is 0 Å². The van der Waals surface area contributed by atoms with Gasteiger partial charge in [0, 0.05) is 31.3 Å². The molecule has 8 heteroatoms. The summed E-state index contributed by atoms with van der Waals surface area (Å²) in [4.78, 5) is 4.38. The van der Waals surface area contributed by atoms with E-state index in [1.807, 2.05) is 35.8 Å². The second-order valence-corrected chi connectivity index (χ2v) is 6.93. The van der Waals surface area contributed by atoms with Crippen molar-refractivity contribution >= 4 is 35.6 Å². The maximum atomic E-state index is 5.93. The number of guanidine groups is 1. The number of aromatic nitrogens is 3. The molecule has 2 N–H and O–H groups in total. The van der Waals surface area contributed by atoms with Crippen LogP contribution in [-0.2, 0) is 11.3 Å². The molecule has 1 spiro atoms. The van der Waals surface area contributed by atoms with Crippen molar-refractivity contribution < 1.29 is 4.74 Å². The highest BCUT2D eigenvalue weighted by atomic mass is 127. The lowest BCUT2D eigenvalue weighted by Crippen LogP contribution is -2.68. The van der Waals surface area contributed by atoms with Crippen molar-refractivity contribution in [3.05, 3.63) is 30.2 Å². The molecule has 2 aromatic rings. The Bertz CT molecular complexity index is 772. The summed E-state index contributed by atoms with van der Waals surface area (Å²) in [5, 5.41) is 15.4. The lowest BCUT2D eigenvalue weighted by Gasteiger charge is -2.61. The molecule has 2 aliphatic rings. The molecule has 0 saturated heterocycles. The molecule has 2 aromatic heterocycles. The number of pyridine rings is 1. The van der Waals surface area contributed by atoms with Crippen LogP contribution in [0, 0.1) is 5.41 Å². The number of ether oxygens (including phenoxy) is 1. The summed E-state index contributed by atoms with van der Waals surface area (Å²) in [6.45, 7) is 3.46. The Hall–Kier alpha value is -1.42. The number of rotatable bonds is 5. The van der Waals surface area contributed by atoms with Gasteiger partial charge in [0.2, 0.25) is 0 Å². The number of fused-ring (bicyclic) bond motifs is 1. The molecule has 142 valence electrons. The average molecular weight is 470 g/mol. The molecular formula is C18H27IN6O. The molecule has 2 atom stereocenters. The van der Waals surface area contributed by atoms with Crippen LogP contribution < -0.4 is 10.6 Å². The molecule has 0 radical (unpaired) electrons. The van der Waals surface area contributed by atoms with Gasteiger partial charge in [0.1, 0.15) is 0 Å². The van der Waals surface area contributed by atoms with Gasteiger partial charge >= 0.3 is 0 Å². The Morgan fingerprint density at radius 3 is 2.92 bits per heavy atom. The first-order valence-corrected chi connectivity index (χ1v) is 9.14. The summed E-state index contributed by atoms with van der Waals surface area (Å²) in [7, 11) is 1.81. The van der Waals surface area contributed by atoms with Crippen molar-refractivity contribution in [2.24, 2.45) is 10.4 Å². The molecule has 2 heterocycles. The summed E-state index contributed by atoms with van der Waals surface area (Å²) < 4.78 is 7.91. The third-order valence-electron chi connectivity index (χ3n) is 5.77. The standard InChI is InChI=1S/C18H26N6O.HI/c1-3-25-14-11-13(18(14)8-6-9-18)21-17(19-2)20-12-16-23-22-15-7-4-5-10-24(15)16;/h4-5,7,10,13-14H,3,6,8-9,11-12H2,1-2H3,(H2,19,20,21);1H. The Morgan fingerprint density at radius 2 is 2.23 bits per heavy atom. The zero-order valence-corrected chi connectivity index (χ0v) is 17.6. The van der Waals surface area contributed by atoms with E-state index in [1.165, 1.54) is 19.3 Å². The van der Waals surface area contributed by atoms with Gasteiger partial charge in [0.25, 0.3) is 0 Å². The lowest BCUT2D eigenvalue weighted by molar-refractivity contribution is -0.168. The number of nitrogens with zero attached hydrogens (tertiary/aromatic N) is 4. The molecular weight excluding hydrogens is 443 g/mol. The molecule has 26 heavy (non-hydrogen) atoms. The number of hydrogen-bond acceptors (Lipinski definition) is 4. The van der Waals surface area contributed by atoms with Crippen LogP contribution in [0.4, 0.5) is 0 Å². The summed E-state index contributed by atoms with van der Waals surface area (Å²) in [5.41, 5.74) is 1.17. The third kappa shape index (κ3) is 3.28. The second-order valence-electron chi connectivity index (χ2n) is 6.93. The van der Waals surface area contributed by atoms with Gasteiger partial charge in [-0.15, -0.1) is 34.2 Å². The quantitative estimate of drug-likeness (QED) is 0.399. The summed E-state index contributed by atoms with van der Waals surface area (Å²) in [6, 6.07) is 6.34. The minimum absolute atomic E-state index is 0. The monoisotopic (exact) mass is 470 g/mol. The molecule has 2 fully saturated rings. The molecule has 0 aromatic carbocycles. The molecule has 0 aliphatic heterocycles. The Morgan fingerprint density at radius 1 is 1.38 bits per heavy atom. The van der Waals surface area contributed by atoms with Gasteiger partial charge in [0.15, 0.2) is 17.4 Å². The normalized spacial score (nSPS) is 23.8. The Balaban J connectivity index is 0.00000196. The van der Waals surface area contributed by atoms with Crippen molar-refractivity contribution in [3.63, 3.8) is 0 Å². The predicted octanol–water partition coefficient (Wildman–Crippen LogP) is 2.36. The van der Waals surface area contributed by atoms with Gasteiger partial charge in [-0.3, -0.25) is 9.39 Å². The molecule has 2 aliphatic carbocycles. The topological polar surface area (TPSA) is 75.8 Å². The fraction of sp³-hybridized carbons (Fsp3) is 0.611. The zero-order valence-electron chi connectivity index (χ0n) is 15.3. The highest BCUT2D eigenvalue weighted by Gasteiger charge is 2.59. The smallest absolute Gasteiger partial charge is 0.191 e. The third-order valence-corrected chi connectivity index (χ3v) is 5.77. The van der Waals surface area contributed by atoms with E-state index in [0.29, 0.717) is 24.1 Å². The van der Waals surface area contributed by atoms with Crippen molar-refractivity contribution in [1.82, 2.24) is 25.2 Å². The van der Waals surface area contributed by atoms with E-state index >= 15 is 0 Å². The number of hydrogen-bond donors (Lipinski definition) is 2. The maximum Gasteiger partial charge on any atom is 0.191 e. The van der Waals surface area contributed by atoms with Crippen LogP contribution in [0.1, 0.15) is 38.4 Å². The minimum Gasteiger partial charge on any atom is -0.378 e. The summed E-state index contributed by atoms with van der Waals surface area (Å²) in [5.74, 6) is 1.69. The largest absolute Gasteiger partial charge is 0.378 e. The van der Waals surface area contributed by atoms with E-state index in [0.717, 1.165) is 30.5 Å². The van der Waals surface area contributed by atoms with E-state index < -0.39 is 0 Å². The molecule has 2 saturated carbocycles. The minimum atomic E-state index is 0. The molecule has 4 rings (SSSR count). The van der Waals surface area contributed by atoms with Crippen LogP contribution in [0.25, 0.3) is 5.65 Å². The number of halogens is 1. The van der Waals surface area contributed by atoms with E-state index in [4.69, 9.17) is 4.74 Å². The zero-order chi connectivity index (χ0) is 17.3. The number of aliphatic imine (C=N–C) groups is 1. The first-order chi connectivity index (χ1) is 12.3. The van der Waals surface area contributed by atoms with Crippen molar-refractivity contribution in [2.45, 2.75) is 51.3 Å². The molecule has 0 bridgehead atoms. The Labute approximate surface area is 171 Å². The van der Waals surface area contributed by atoms with Gasteiger partial charge in [-0.25, -0.2) is 0 Å². The predicted molar refractivity (Wildman–Crippen MR) is 112 cm³/mol. The van der Waals surface area contributed by atoms with Gasteiger partial charge < -0.3 is 15.4 Å². The van der Waals surface area contributed by atoms with Gasteiger partial charge in [-0.1, -0.05) is 12.5 Å². The van der Waals surface area contributed by atoms with E-state index in [1.54, 1.807) is 0 Å². The van der Waals surface area contributed by atoms with Crippen LogP contribution in [0.5, 0.6) is 0 Å². The van der Waals surface area contributed by atoms with Crippen LogP contribution in [-0.4, -0.2) is 46.4 Å². The van der Waals surface area contributed by atoms with Crippen LogP contribution in [0.2, 0.25) is 0 Å². The summed E-state index contributed by atoms with van der Waals surface area (Å²) in [6.07, 6.45) is 7.25. The SMILES string of the molecule is CCOC1CC(NC(=NC)NCc2nnc3ccccn23)C12CCC2.I. The first-order valence-electron chi connectivity index (χ1n) is 9.14. The van der Waals surface area contributed by atoms with Crippen LogP contribution in [0.15, 0.2) is 29.4 Å². The average Bonchev–Trinajstić information content (AvgIpc) is 2.98. The van der Waals surface area contributed by atoms with Crippen molar-refractivity contribution in [1.29, 1.82) is 0 Å². The fourth-order valence-electron chi connectivity index (χ4n) is 4.17. The Kier molecular flexibility index (Phi) is 6.01. The highest BCUT2D eigenvalue weighted by Crippen LogP contribution is 2.57. The fourth-order valence-corrected chi connectivity index (χ4v) is 4.17. The van der Waals surface area contributed by atoms with E-state index in [9.17, 15) is 0 Å². The lowest BCUT2D eigenvalue weighted by atomic mass is 9.51.